The van der Waals surface area contributed by atoms with Gasteiger partial charge in [0, 0.05) is 23.5 Å². The number of benzene rings is 1. The van der Waals surface area contributed by atoms with Crippen LogP contribution < -0.4 is 5.32 Å². The molecule has 1 heterocycles. The lowest BCUT2D eigenvalue weighted by Crippen LogP contribution is -2.44. The van der Waals surface area contributed by atoms with E-state index >= 15 is 0 Å². The minimum absolute atomic E-state index is 0.0230. The Bertz CT molecular complexity index is 660. The van der Waals surface area contributed by atoms with Gasteiger partial charge in [0.05, 0.1) is 6.04 Å². The van der Waals surface area contributed by atoms with E-state index < -0.39 is 0 Å². The van der Waals surface area contributed by atoms with Crippen molar-refractivity contribution in [2.45, 2.75) is 59.9 Å². The van der Waals surface area contributed by atoms with Crippen LogP contribution in [0.3, 0.4) is 0 Å². The second-order valence-corrected chi connectivity index (χ2v) is 5.90. The van der Waals surface area contributed by atoms with Crippen LogP contribution in [0.2, 0.25) is 0 Å². The molecule has 1 unspecified atom stereocenters. The Morgan fingerprint density at radius 3 is 2.50 bits per heavy atom. The van der Waals surface area contributed by atoms with Gasteiger partial charge >= 0.3 is 0 Å². The van der Waals surface area contributed by atoms with Gasteiger partial charge in [-0.25, -0.2) is 0 Å². The number of rotatable bonds is 7. The fraction of sp³-hybridized carbons (Fsp3) is 0.500. The first kappa shape index (κ1) is 19.9. The van der Waals surface area contributed by atoms with Gasteiger partial charge in [-0.2, -0.15) is 0 Å². The molecule has 1 aromatic heterocycles. The number of Topliss-reactive ketones (excluding diaryl/α,β-unsaturated/α-hetero) is 1. The van der Waals surface area contributed by atoms with Crippen molar-refractivity contribution in [1.29, 1.82) is 0 Å². The van der Waals surface area contributed by atoms with E-state index in [1.807, 2.05) is 52.1 Å². The topological polar surface area (TPSA) is 62.0 Å². The summed E-state index contributed by atoms with van der Waals surface area (Å²) in [5, 5.41) is 4.03. The maximum Gasteiger partial charge on any atom is 0.220 e. The summed E-state index contributed by atoms with van der Waals surface area (Å²) < 4.78 is 0. The molecule has 0 spiro atoms. The van der Waals surface area contributed by atoms with E-state index in [0.29, 0.717) is 12.8 Å². The van der Waals surface area contributed by atoms with Gasteiger partial charge in [0.25, 0.3) is 0 Å². The van der Waals surface area contributed by atoms with E-state index in [1.54, 1.807) is 0 Å². The highest BCUT2D eigenvalue weighted by atomic mass is 16.2. The Morgan fingerprint density at radius 2 is 1.88 bits per heavy atom. The number of carbonyl (C=O) groups is 2. The van der Waals surface area contributed by atoms with E-state index in [0.717, 1.165) is 22.9 Å². The van der Waals surface area contributed by atoms with Crippen molar-refractivity contribution in [3.8, 4) is 0 Å². The number of aromatic amines is 1. The summed E-state index contributed by atoms with van der Waals surface area (Å²) in [4.78, 5) is 27.0. The highest BCUT2D eigenvalue weighted by molar-refractivity contribution is 5.88. The van der Waals surface area contributed by atoms with Gasteiger partial charge in [0.2, 0.25) is 5.91 Å². The van der Waals surface area contributed by atoms with Gasteiger partial charge in [0.1, 0.15) is 0 Å². The van der Waals surface area contributed by atoms with Crippen LogP contribution in [0.5, 0.6) is 0 Å². The molecule has 2 N–H and O–H groups in total. The molecular formula is C20H30N2O2. The summed E-state index contributed by atoms with van der Waals surface area (Å²) >= 11 is 0. The highest BCUT2D eigenvalue weighted by Gasteiger charge is 2.22. The minimum atomic E-state index is -0.375. The fourth-order valence-electron chi connectivity index (χ4n) is 2.71. The molecule has 0 radical (unpaired) electrons. The van der Waals surface area contributed by atoms with Gasteiger partial charge in [0.15, 0.2) is 5.78 Å². The summed E-state index contributed by atoms with van der Waals surface area (Å²) in [6.07, 6.45) is 3.88. The molecule has 24 heavy (non-hydrogen) atoms. The van der Waals surface area contributed by atoms with E-state index in [-0.39, 0.29) is 23.7 Å². The molecule has 1 aromatic carbocycles. The second kappa shape index (κ2) is 9.91. The van der Waals surface area contributed by atoms with Gasteiger partial charge in [-0.3, -0.25) is 9.59 Å². The summed E-state index contributed by atoms with van der Waals surface area (Å²) in [6, 6.07) is 7.68. The van der Waals surface area contributed by atoms with Crippen molar-refractivity contribution in [2.75, 3.05) is 0 Å². The second-order valence-electron chi connectivity index (χ2n) is 5.90. The van der Waals surface area contributed by atoms with Crippen molar-refractivity contribution >= 4 is 22.6 Å². The first-order valence-electron chi connectivity index (χ1n) is 8.87. The Balaban J connectivity index is 0.00000139. The first-order chi connectivity index (χ1) is 11.5. The maximum atomic E-state index is 12.1. The monoisotopic (exact) mass is 330 g/mol. The number of aryl methyl sites for hydroxylation is 1. The van der Waals surface area contributed by atoms with E-state index in [2.05, 4.69) is 16.4 Å². The molecule has 1 amide bonds. The SMILES string of the molecule is CC.CC[C@H](C)C(NC(=O)CCc1c[nH]c2ccccc12)C(C)=O. The molecule has 2 rings (SSSR count). The zero-order valence-corrected chi connectivity index (χ0v) is 15.5. The van der Waals surface area contributed by atoms with E-state index in [9.17, 15) is 9.59 Å². The van der Waals surface area contributed by atoms with Crippen LogP contribution in [-0.4, -0.2) is 22.7 Å². The number of nitrogens with one attached hydrogen (secondary N) is 2. The van der Waals surface area contributed by atoms with Crippen molar-refractivity contribution in [3.05, 3.63) is 36.0 Å². The van der Waals surface area contributed by atoms with E-state index in [4.69, 9.17) is 0 Å². The molecule has 4 nitrogen and oxygen atoms in total. The average molecular weight is 330 g/mol. The third-order valence-corrected chi connectivity index (χ3v) is 4.26. The predicted octanol–water partition coefficient (Wildman–Crippen LogP) is 4.25. The Morgan fingerprint density at radius 1 is 1.21 bits per heavy atom. The number of ketones is 1. The van der Waals surface area contributed by atoms with Crippen LogP contribution in [0.15, 0.2) is 30.5 Å². The summed E-state index contributed by atoms with van der Waals surface area (Å²) in [5.41, 5.74) is 2.22. The minimum Gasteiger partial charge on any atom is -0.361 e. The normalized spacial score (nSPS) is 12.9. The lowest BCUT2D eigenvalue weighted by Gasteiger charge is -2.21. The van der Waals surface area contributed by atoms with Gasteiger partial charge < -0.3 is 10.3 Å². The molecule has 0 saturated carbocycles. The number of hydrogen-bond acceptors (Lipinski definition) is 2. The van der Waals surface area contributed by atoms with Gasteiger partial charge in [-0.15, -0.1) is 0 Å². The zero-order chi connectivity index (χ0) is 18.1. The Hall–Kier alpha value is -2.10. The highest BCUT2D eigenvalue weighted by Crippen LogP contribution is 2.19. The van der Waals surface area contributed by atoms with Crippen molar-refractivity contribution in [2.24, 2.45) is 5.92 Å². The molecule has 132 valence electrons. The molecule has 0 fully saturated rings. The summed E-state index contributed by atoms with van der Waals surface area (Å²) in [5.74, 6) is 0.120. The quantitative estimate of drug-likeness (QED) is 0.797. The largest absolute Gasteiger partial charge is 0.361 e. The molecule has 0 aliphatic rings. The zero-order valence-electron chi connectivity index (χ0n) is 15.5. The standard InChI is InChI=1S/C18H24N2O2.C2H6/c1-4-12(2)18(13(3)21)20-17(22)10-9-14-11-19-16-8-6-5-7-15(14)16;1-2/h5-8,11-12,18-19H,4,9-10H2,1-3H3,(H,20,22);1-2H3/t12-,18?;/m0./s1. The van der Waals surface area contributed by atoms with Crippen molar-refractivity contribution in [1.82, 2.24) is 10.3 Å². The van der Waals surface area contributed by atoms with Crippen LogP contribution in [0, 0.1) is 5.92 Å². The third-order valence-electron chi connectivity index (χ3n) is 4.26. The lowest BCUT2D eigenvalue weighted by molar-refractivity contribution is -0.127. The molecule has 0 aliphatic carbocycles. The number of hydrogen-bond donors (Lipinski definition) is 2. The molecule has 4 heteroatoms. The maximum absolute atomic E-state index is 12.1. The van der Waals surface area contributed by atoms with Crippen LogP contribution in [0.4, 0.5) is 0 Å². The van der Waals surface area contributed by atoms with Gasteiger partial charge in [-0.05, 0) is 30.9 Å². The van der Waals surface area contributed by atoms with Crippen molar-refractivity contribution in [3.63, 3.8) is 0 Å². The number of carbonyl (C=O) groups excluding carboxylic acids is 2. The van der Waals surface area contributed by atoms with Gasteiger partial charge in [-0.1, -0.05) is 52.3 Å². The Kier molecular flexibility index (Phi) is 8.24. The number of para-hydroxylation sites is 1. The van der Waals surface area contributed by atoms with Crippen LogP contribution in [0.1, 0.15) is 53.0 Å². The van der Waals surface area contributed by atoms with Crippen molar-refractivity contribution < 1.29 is 9.59 Å². The number of H-pyrrole nitrogens is 1. The summed E-state index contributed by atoms with van der Waals surface area (Å²) in [7, 11) is 0. The summed E-state index contributed by atoms with van der Waals surface area (Å²) in [6.45, 7) is 9.56. The van der Waals surface area contributed by atoms with Crippen LogP contribution >= 0.6 is 0 Å². The first-order valence-corrected chi connectivity index (χ1v) is 8.87. The smallest absolute Gasteiger partial charge is 0.220 e. The molecule has 0 bridgehead atoms. The predicted molar refractivity (Wildman–Crippen MR) is 100 cm³/mol. The van der Waals surface area contributed by atoms with E-state index in [1.165, 1.54) is 6.92 Å². The Labute approximate surface area is 145 Å². The molecule has 2 atom stereocenters. The van der Waals surface area contributed by atoms with Crippen LogP contribution in [0.25, 0.3) is 10.9 Å². The fourth-order valence-corrected chi connectivity index (χ4v) is 2.71. The number of amides is 1. The third kappa shape index (κ3) is 5.22. The van der Waals surface area contributed by atoms with Crippen LogP contribution in [-0.2, 0) is 16.0 Å². The average Bonchev–Trinajstić information content (AvgIpc) is 3.02. The number of aromatic nitrogens is 1. The lowest BCUT2D eigenvalue weighted by atomic mass is 9.96. The molecule has 0 saturated heterocycles. The molecule has 2 aromatic rings. The molecular weight excluding hydrogens is 300 g/mol. The molecule has 0 aliphatic heterocycles. The number of fused-ring (bicyclic) bond motifs is 1.